The molecule has 0 saturated carbocycles. The van der Waals surface area contributed by atoms with Gasteiger partial charge in [0.2, 0.25) is 0 Å². The van der Waals surface area contributed by atoms with Gasteiger partial charge in [0.1, 0.15) is 0 Å². The van der Waals surface area contributed by atoms with Gasteiger partial charge in [0.25, 0.3) is 0 Å². The Morgan fingerprint density at radius 3 is 1.38 bits per heavy atom. The van der Waals surface area contributed by atoms with E-state index in [2.05, 4.69) is 11.1 Å². The third-order valence-electron chi connectivity index (χ3n) is 3.40. The van der Waals surface area contributed by atoms with Gasteiger partial charge in [-0.1, -0.05) is 101 Å². The van der Waals surface area contributed by atoms with Crippen LogP contribution in [0.3, 0.4) is 0 Å². The van der Waals surface area contributed by atoms with Crippen molar-refractivity contribution < 1.29 is 17.2 Å². The molecule has 4 nitrogen and oxygen atoms in total. The van der Waals surface area contributed by atoms with Crippen LogP contribution in [0.1, 0.15) is 71.1 Å². The van der Waals surface area contributed by atoms with Gasteiger partial charge < -0.3 is 0 Å². The minimum Gasteiger partial charge on any atom is -0.0623 e. The van der Waals surface area contributed by atoms with E-state index in [9.17, 15) is 8.42 Å². The van der Waals surface area contributed by atoms with Crippen LogP contribution in [0.15, 0.2) is 36.4 Å². The summed E-state index contributed by atoms with van der Waals surface area (Å²) in [5.41, 5.74) is 0. The van der Waals surface area contributed by atoms with E-state index in [0.717, 1.165) is 12.8 Å². The largest absolute Gasteiger partial charge is 0.0623 e. The van der Waals surface area contributed by atoms with Crippen LogP contribution in [0, 0.1) is 0 Å². The van der Waals surface area contributed by atoms with E-state index in [1.807, 2.05) is 36.4 Å². The molecule has 138 valence electrons. The van der Waals surface area contributed by atoms with E-state index in [1.54, 1.807) is 0 Å². The molecule has 0 radical (unpaired) electrons. The summed E-state index contributed by atoms with van der Waals surface area (Å²) < 4.78 is 33.0. The summed E-state index contributed by atoms with van der Waals surface area (Å²) in [4.78, 5) is 0. The number of rotatable bonds is 12. The fourth-order valence-electron chi connectivity index (χ4n) is 2.14. The fourth-order valence-corrected chi connectivity index (χ4v) is 2.47. The maximum absolute atomic E-state index is 10.2. The predicted octanol–water partition coefficient (Wildman–Crippen LogP) is 4.50. The Kier molecular flexibility index (Phi) is 21.8. The molecule has 0 amide bonds. The summed E-state index contributed by atoms with van der Waals surface area (Å²) in [6.45, 7) is 2.31. The van der Waals surface area contributed by atoms with E-state index < -0.39 is 10.4 Å². The molecule has 0 aliphatic heterocycles. The molecule has 0 aromatic heterocycles. The maximum Gasteiger partial charge on any atom is -0.0623 e. The van der Waals surface area contributed by atoms with Crippen LogP contribution in [0.25, 0.3) is 0 Å². The summed E-state index contributed by atoms with van der Waals surface area (Å²) in [7, 11) is -4.23. The number of hydrogen-bond donors (Lipinski definition) is 1. The van der Waals surface area contributed by atoms with E-state index in [-0.39, 0.29) is 44.3 Å². The molecule has 0 fully saturated rings. The first-order valence-corrected chi connectivity index (χ1v) is 10.0. The molecule has 0 unspecified atom stereocenters. The van der Waals surface area contributed by atoms with E-state index >= 15 is 0 Å². The molecule has 0 saturated heterocycles. The molecule has 0 bridgehead atoms. The second kappa shape index (κ2) is 19.7. The van der Waals surface area contributed by atoms with E-state index in [1.165, 1.54) is 44.9 Å². The molecule has 0 spiro atoms. The van der Waals surface area contributed by atoms with Gasteiger partial charge in [-0.25, -0.2) is 4.18 Å². The molecule has 6 heteroatoms. The van der Waals surface area contributed by atoms with Crippen molar-refractivity contribution in [2.45, 2.75) is 71.1 Å². The van der Waals surface area contributed by atoms with Crippen molar-refractivity contribution >= 4 is 48.1 Å². The quantitative estimate of drug-likeness (QED) is 0.326. The molecular formula is C18H34CaO4S. The van der Waals surface area contributed by atoms with Crippen LogP contribution < -0.4 is 0 Å². The first-order chi connectivity index (χ1) is 11.1. The molecule has 0 aliphatic rings. The Balaban J connectivity index is 0. The summed E-state index contributed by atoms with van der Waals surface area (Å²) in [5, 5.41) is 0. The zero-order valence-electron chi connectivity index (χ0n) is 14.3. The Bertz CT molecular complexity index is 411. The van der Waals surface area contributed by atoms with Crippen LogP contribution in [-0.4, -0.2) is 57.3 Å². The fraction of sp³-hybridized carbons (Fsp3) is 0.667. The van der Waals surface area contributed by atoms with Crippen molar-refractivity contribution in [3.05, 3.63) is 36.4 Å². The molecular weight excluding hydrogens is 352 g/mol. The average molecular weight is 387 g/mol. The number of unbranched alkanes of at least 4 members (excludes halogenated alkanes) is 9. The average Bonchev–Trinajstić information content (AvgIpc) is 2.54. The van der Waals surface area contributed by atoms with Crippen LogP contribution in [0.4, 0.5) is 0 Å². The van der Waals surface area contributed by atoms with Crippen molar-refractivity contribution in [2.75, 3.05) is 6.61 Å². The Labute approximate surface area is 178 Å². The molecule has 1 aromatic rings. The topological polar surface area (TPSA) is 63.6 Å². The van der Waals surface area contributed by atoms with Gasteiger partial charge in [0.15, 0.2) is 0 Å². The first kappa shape index (κ1) is 26.6. The summed E-state index contributed by atoms with van der Waals surface area (Å²) in [6.07, 6.45) is 11.9. The third kappa shape index (κ3) is 24.6. The minimum atomic E-state index is -4.23. The Hall–Kier alpha value is 0.350. The van der Waals surface area contributed by atoms with Gasteiger partial charge in [-0.3, -0.25) is 4.55 Å². The number of benzene rings is 1. The van der Waals surface area contributed by atoms with E-state index in [0.29, 0.717) is 6.42 Å². The van der Waals surface area contributed by atoms with Gasteiger partial charge in [-0.05, 0) is 6.42 Å². The molecule has 1 aromatic carbocycles. The van der Waals surface area contributed by atoms with Crippen molar-refractivity contribution in [3.63, 3.8) is 0 Å². The monoisotopic (exact) mass is 386 g/mol. The van der Waals surface area contributed by atoms with Crippen molar-refractivity contribution in [1.82, 2.24) is 0 Å². The Morgan fingerprint density at radius 1 is 0.708 bits per heavy atom. The second-order valence-corrected chi connectivity index (χ2v) is 6.68. The van der Waals surface area contributed by atoms with Gasteiger partial charge in [-0.15, -0.1) is 0 Å². The van der Waals surface area contributed by atoms with Gasteiger partial charge in [0.05, 0.1) is 6.61 Å². The maximum atomic E-state index is 10.2. The molecule has 0 aliphatic carbocycles. The zero-order valence-corrected chi connectivity index (χ0v) is 15.1. The minimum absolute atomic E-state index is 0. The number of hydrogen-bond acceptors (Lipinski definition) is 3. The van der Waals surface area contributed by atoms with Crippen LogP contribution >= 0.6 is 0 Å². The SMILES string of the molecule is CCCCCCCCCCCCOS(=O)(=O)O.[CaH2].c1ccccc1. The summed E-state index contributed by atoms with van der Waals surface area (Å²) in [6, 6.07) is 12.0. The normalized spacial score (nSPS) is 10.4. The predicted molar refractivity (Wildman–Crippen MR) is 104 cm³/mol. The first-order valence-electron chi connectivity index (χ1n) is 8.68. The molecule has 1 N–H and O–H groups in total. The molecule has 24 heavy (non-hydrogen) atoms. The van der Waals surface area contributed by atoms with Crippen molar-refractivity contribution in [2.24, 2.45) is 0 Å². The van der Waals surface area contributed by atoms with Gasteiger partial charge in [-0.2, -0.15) is 8.42 Å². The van der Waals surface area contributed by atoms with Crippen LogP contribution in [-0.2, 0) is 14.6 Å². The molecule has 1 rings (SSSR count). The van der Waals surface area contributed by atoms with E-state index in [4.69, 9.17) is 4.55 Å². The Morgan fingerprint density at radius 2 is 1.04 bits per heavy atom. The van der Waals surface area contributed by atoms with Crippen LogP contribution in [0.5, 0.6) is 0 Å². The van der Waals surface area contributed by atoms with Gasteiger partial charge in [0, 0.05) is 0 Å². The smallest absolute Gasteiger partial charge is 0.0623 e. The standard InChI is InChI=1S/C12H26O4S.C6H6.Ca.2H/c1-2-3-4-5-6-7-8-9-10-11-12-16-17(13,14)15;1-2-4-6-5-3-1;;;/h2-12H2,1H3,(H,13,14,15);1-6H;;;. The summed E-state index contributed by atoms with van der Waals surface area (Å²) in [5.74, 6) is 0. The van der Waals surface area contributed by atoms with Crippen LogP contribution in [0.2, 0.25) is 0 Å². The second-order valence-electron chi connectivity index (χ2n) is 5.59. The molecule has 0 heterocycles. The third-order valence-corrected chi connectivity index (χ3v) is 3.86. The van der Waals surface area contributed by atoms with Crippen molar-refractivity contribution in [1.29, 1.82) is 0 Å². The zero-order chi connectivity index (χ0) is 17.2. The molecule has 0 atom stereocenters. The van der Waals surface area contributed by atoms with Crippen molar-refractivity contribution in [3.8, 4) is 0 Å². The summed E-state index contributed by atoms with van der Waals surface area (Å²) >= 11 is 0. The van der Waals surface area contributed by atoms with Gasteiger partial charge >= 0.3 is 48.1 Å².